The SMILES string of the molecule is CCCCn1cnc2c(c1=O)n(CCCC)c[n+]2CCC(=O)OC.CCCCn1cnc2c(c1=O)n(CCCC)c[n+]2CCC(=O)OC.[Br-].[Br-]. The molecule has 0 spiro atoms. The van der Waals surface area contributed by atoms with Gasteiger partial charge in [-0.05, 0) is 25.7 Å². The Kier molecular flexibility index (Phi) is 20.7. The zero-order valence-corrected chi connectivity index (χ0v) is 33.6. The minimum atomic E-state index is -0.270. The molecule has 0 unspecified atom stereocenters. The van der Waals surface area contributed by atoms with Crippen LogP contribution in [0.25, 0.3) is 22.3 Å². The molecular formula is C34H54Br2N8O6. The summed E-state index contributed by atoms with van der Waals surface area (Å²) in [5, 5.41) is 0. The Bertz CT molecular complexity index is 1640. The Balaban J connectivity index is 0.000000481. The second-order valence-electron chi connectivity index (χ2n) is 11.9. The predicted molar refractivity (Wildman–Crippen MR) is 181 cm³/mol. The van der Waals surface area contributed by atoms with Crippen molar-refractivity contribution in [3.8, 4) is 0 Å². The van der Waals surface area contributed by atoms with Crippen molar-refractivity contribution >= 4 is 34.3 Å². The summed E-state index contributed by atoms with van der Waals surface area (Å²) in [6.45, 7) is 12.2. The molecule has 4 aromatic rings. The van der Waals surface area contributed by atoms with E-state index in [1.807, 2.05) is 30.9 Å². The van der Waals surface area contributed by atoms with E-state index in [0.29, 0.717) is 48.5 Å². The van der Waals surface area contributed by atoms with Gasteiger partial charge in [0.05, 0.1) is 53.2 Å². The highest BCUT2D eigenvalue weighted by Gasteiger charge is 2.23. The van der Waals surface area contributed by atoms with Crippen molar-refractivity contribution in [2.45, 2.75) is 131 Å². The lowest BCUT2D eigenvalue weighted by Crippen LogP contribution is -3.00. The number of imidazole rings is 2. The van der Waals surface area contributed by atoms with Crippen LogP contribution in [0.4, 0.5) is 0 Å². The Hall–Kier alpha value is -3.40. The maximum absolute atomic E-state index is 12.8. The number of halogens is 2. The first kappa shape index (κ1) is 44.6. The molecule has 280 valence electrons. The molecule has 0 saturated heterocycles. The first-order valence-corrected chi connectivity index (χ1v) is 17.3. The summed E-state index contributed by atoms with van der Waals surface area (Å²) in [5.74, 6) is -0.540. The lowest BCUT2D eigenvalue weighted by molar-refractivity contribution is -0.673. The fourth-order valence-corrected chi connectivity index (χ4v) is 5.35. The highest BCUT2D eigenvalue weighted by atomic mass is 79.9. The lowest BCUT2D eigenvalue weighted by atomic mass is 10.3. The largest absolute Gasteiger partial charge is 1.00 e. The van der Waals surface area contributed by atoms with E-state index in [2.05, 4.69) is 37.7 Å². The van der Waals surface area contributed by atoms with Gasteiger partial charge in [0, 0.05) is 13.1 Å². The number of fused-ring (bicyclic) bond motifs is 2. The number of aryl methyl sites for hydroxylation is 6. The van der Waals surface area contributed by atoms with Gasteiger partial charge >= 0.3 is 23.2 Å². The Labute approximate surface area is 315 Å². The number of hydrogen-bond donors (Lipinski definition) is 0. The van der Waals surface area contributed by atoms with Crippen molar-refractivity contribution < 1.29 is 62.2 Å². The van der Waals surface area contributed by atoms with Crippen LogP contribution in [0.15, 0.2) is 34.9 Å². The van der Waals surface area contributed by atoms with Gasteiger partial charge in [0.25, 0.3) is 11.1 Å². The van der Waals surface area contributed by atoms with Gasteiger partial charge in [0.15, 0.2) is 25.3 Å². The second kappa shape index (κ2) is 23.1. The molecule has 16 heteroatoms. The topological polar surface area (TPSA) is 140 Å². The summed E-state index contributed by atoms with van der Waals surface area (Å²) in [6.07, 6.45) is 15.6. The van der Waals surface area contributed by atoms with Crippen LogP contribution >= 0.6 is 0 Å². The van der Waals surface area contributed by atoms with Gasteiger partial charge in [-0.2, -0.15) is 0 Å². The molecule has 0 N–H and O–H groups in total. The van der Waals surface area contributed by atoms with Crippen LogP contribution in [-0.2, 0) is 58.3 Å². The Morgan fingerprint density at radius 3 is 1.22 bits per heavy atom. The van der Waals surface area contributed by atoms with Crippen LogP contribution in [0.3, 0.4) is 0 Å². The zero-order valence-electron chi connectivity index (χ0n) is 30.4. The van der Waals surface area contributed by atoms with E-state index < -0.39 is 0 Å². The third-order valence-electron chi connectivity index (χ3n) is 8.24. The van der Waals surface area contributed by atoms with Crippen molar-refractivity contribution in [3.63, 3.8) is 0 Å². The Morgan fingerprint density at radius 1 is 0.600 bits per heavy atom. The molecule has 0 aliphatic rings. The van der Waals surface area contributed by atoms with Crippen LogP contribution < -0.4 is 54.2 Å². The van der Waals surface area contributed by atoms with E-state index in [1.165, 1.54) is 14.2 Å². The molecule has 0 saturated carbocycles. The highest BCUT2D eigenvalue weighted by Crippen LogP contribution is 2.08. The first-order chi connectivity index (χ1) is 23.2. The van der Waals surface area contributed by atoms with Crippen LogP contribution in [0.2, 0.25) is 0 Å². The van der Waals surface area contributed by atoms with Crippen LogP contribution in [0, 0.1) is 0 Å². The van der Waals surface area contributed by atoms with Gasteiger partial charge in [-0.3, -0.25) is 37.4 Å². The molecule has 0 bridgehead atoms. The summed E-state index contributed by atoms with van der Waals surface area (Å²) < 4.78 is 20.4. The summed E-state index contributed by atoms with van der Waals surface area (Å²) in [4.78, 5) is 57.4. The Morgan fingerprint density at radius 2 is 0.920 bits per heavy atom. The van der Waals surface area contributed by atoms with Crippen LogP contribution in [-0.4, -0.2) is 54.4 Å². The van der Waals surface area contributed by atoms with Gasteiger partial charge in [-0.25, -0.2) is 9.13 Å². The molecule has 0 aliphatic heterocycles. The fraction of sp³-hybridized carbons (Fsp3) is 0.647. The number of aromatic nitrogens is 8. The number of methoxy groups -OCH3 is 2. The zero-order chi connectivity index (χ0) is 35.1. The third-order valence-corrected chi connectivity index (χ3v) is 8.24. The minimum Gasteiger partial charge on any atom is -1.00 e. The van der Waals surface area contributed by atoms with E-state index in [0.717, 1.165) is 64.5 Å². The first-order valence-electron chi connectivity index (χ1n) is 17.3. The number of carbonyl (C=O) groups excluding carboxylic acids is 2. The molecule has 0 fully saturated rings. The molecule has 4 heterocycles. The van der Waals surface area contributed by atoms with E-state index in [4.69, 9.17) is 9.47 Å². The van der Waals surface area contributed by atoms with Crippen molar-refractivity contribution in [1.82, 2.24) is 28.2 Å². The smallest absolute Gasteiger partial charge is 0.309 e. The van der Waals surface area contributed by atoms with Gasteiger partial charge in [-0.15, -0.1) is 0 Å². The molecule has 4 rings (SSSR count). The summed E-state index contributed by atoms with van der Waals surface area (Å²) in [6, 6.07) is 0. The van der Waals surface area contributed by atoms with E-state index >= 15 is 0 Å². The fourth-order valence-electron chi connectivity index (χ4n) is 5.35. The van der Waals surface area contributed by atoms with Crippen LogP contribution in [0.1, 0.15) is 91.9 Å². The number of ether oxygens (including phenoxy) is 2. The molecule has 0 radical (unpaired) electrons. The number of rotatable bonds is 18. The predicted octanol–water partition coefficient (Wildman–Crippen LogP) is -2.69. The molecular weight excluding hydrogens is 776 g/mol. The molecule has 0 aliphatic carbocycles. The standard InChI is InChI=1S/2C17H27N4O3.2BrH/c2*1-4-6-9-19-12-18-16-15(17(19)23)20(10-7-5-2)13-21(16)11-8-14(22)24-3;;/h2*12-13H,4-11H2,1-3H3;2*1H/q2*+1;;/p-2. The van der Waals surface area contributed by atoms with Crippen molar-refractivity contribution in [3.05, 3.63) is 46.0 Å². The minimum absolute atomic E-state index is 0. The van der Waals surface area contributed by atoms with Gasteiger partial charge < -0.3 is 43.4 Å². The second-order valence-corrected chi connectivity index (χ2v) is 11.9. The average molecular weight is 831 g/mol. The number of unbranched alkanes of at least 4 members (excludes halogenated alkanes) is 4. The van der Waals surface area contributed by atoms with Crippen molar-refractivity contribution in [1.29, 1.82) is 0 Å². The van der Waals surface area contributed by atoms with E-state index in [-0.39, 0.29) is 69.9 Å². The normalized spacial score (nSPS) is 10.7. The maximum Gasteiger partial charge on any atom is 0.309 e. The summed E-state index contributed by atoms with van der Waals surface area (Å²) in [7, 11) is 2.75. The van der Waals surface area contributed by atoms with Crippen molar-refractivity contribution in [2.75, 3.05) is 14.2 Å². The number of carbonyl (C=O) groups is 2. The van der Waals surface area contributed by atoms with E-state index in [9.17, 15) is 19.2 Å². The summed E-state index contributed by atoms with van der Waals surface area (Å²) >= 11 is 0. The third kappa shape index (κ3) is 11.8. The van der Waals surface area contributed by atoms with Crippen LogP contribution in [0.5, 0.6) is 0 Å². The molecule has 50 heavy (non-hydrogen) atoms. The molecule has 0 atom stereocenters. The number of nitrogens with zero attached hydrogens (tertiary/aromatic N) is 8. The van der Waals surface area contributed by atoms with Gasteiger partial charge in [0.1, 0.15) is 0 Å². The summed E-state index contributed by atoms with van der Waals surface area (Å²) in [5.41, 5.74) is 2.47. The van der Waals surface area contributed by atoms with Gasteiger partial charge in [0.2, 0.25) is 11.0 Å². The monoisotopic (exact) mass is 828 g/mol. The quantitative estimate of drug-likeness (QED) is 0.0781. The van der Waals surface area contributed by atoms with Gasteiger partial charge in [-0.1, -0.05) is 63.3 Å². The number of hydrogen-bond acceptors (Lipinski definition) is 8. The highest BCUT2D eigenvalue weighted by molar-refractivity contribution is 5.70. The molecule has 14 nitrogen and oxygen atoms in total. The molecule has 0 aromatic carbocycles. The van der Waals surface area contributed by atoms with E-state index in [1.54, 1.807) is 21.8 Å². The number of esters is 2. The molecule has 4 aromatic heterocycles. The maximum atomic E-state index is 12.8. The van der Waals surface area contributed by atoms with Crippen molar-refractivity contribution in [2.24, 2.45) is 0 Å². The lowest BCUT2D eigenvalue weighted by Gasteiger charge is -2.02. The average Bonchev–Trinajstić information content (AvgIpc) is 3.65. The molecule has 0 amide bonds.